The van der Waals surface area contributed by atoms with Crippen molar-refractivity contribution in [2.45, 2.75) is 43.5 Å². The van der Waals surface area contributed by atoms with Gasteiger partial charge >= 0.3 is 0 Å². The molecular formula is C12H16Cl2N2. The van der Waals surface area contributed by atoms with Crippen LogP contribution in [0.3, 0.4) is 0 Å². The number of halogens is 2. The summed E-state index contributed by atoms with van der Waals surface area (Å²) in [5.41, 5.74) is 2.16. The Bertz CT molecular complexity index is 394. The molecule has 0 radical (unpaired) electrons. The minimum absolute atomic E-state index is 0.600. The zero-order valence-electron chi connectivity index (χ0n) is 9.42. The summed E-state index contributed by atoms with van der Waals surface area (Å²) < 4.78 is 1.40. The Labute approximate surface area is 106 Å². The molecule has 88 valence electrons. The number of rotatable bonds is 4. The van der Waals surface area contributed by atoms with Gasteiger partial charge < -0.3 is 4.57 Å². The number of hydrogen-bond donors (Lipinski definition) is 0. The molecule has 0 fully saturated rings. The van der Waals surface area contributed by atoms with Gasteiger partial charge in [-0.15, -0.1) is 0 Å². The average Bonchev–Trinajstić information content (AvgIpc) is 2.59. The lowest BCUT2D eigenvalue weighted by Gasteiger charge is -2.19. The summed E-state index contributed by atoms with van der Waals surface area (Å²) in [4.78, 5) is 4.37. The Balaban J connectivity index is 2.10. The summed E-state index contributed by atoms with van der Waals surface area (Å²) in [6.07, 6.45) is 10.0. The topological polar surface area (TPSA) is 17.8 Å². The molecule has 16 heavy (non-hydrogen) atoms. The largest absolute Gasteiger partial charge is 0.331 e. The van der Waals surface area contributed by atoms with Crippen LogP contribution in [0.25, 0.3) is 6.08 Å². The molecule has 0 amide bonds. The van der Waals surface area contributed by atoms with Gasteiger partial charge in [0.1, 0.15) is 4.33 Å². The fourth-order valence-electron chi connectivity index (χ4n) is 1.95. The Morgan fingerprint density at radius 3 is 3.00 bits per heavy atom. The normalized spacial score (nSPS) is 17.4. The molecule has 2 nitrogen and oxygen atoms in total. The van der Waals surface area contributed by atoms with E-state index >= 15 is 0 Å². The van der Waals surface area contributed by atoms with Crippen molar-refractivity contribution in [3.8, 4) is 0 Å². The maximum absolute atomic E-state index is 6.07. The number of nitrogens with zero attached hydrogens (tertiary/aromatic N) is 2. The zero-order chi connectivity index (χ0) is 11.6. The lowest BCUT2D eigenvalue weighted by Crippen LogP contribution is -2.18. The molecular weight excluding hydrogens is 243 g/mol. The van der Waals surface area contributed by atoms with Crippen molar-refractivity contribution in [1.29, 1.82) is 0 Å². The van der Waals surface area contributed by atoms with Gasteiger partial charge in [0.2, 0.25) is 0 Å². The van der Waals surface area contributed by atoms with E-state index in [1.165, 1.54) is 19.3 Å². The van der Waals surface area contributed by atoms with Gasteiger partial charge in [-0.1, -0.05) is 43.0 Å². The molecule has 0 aliphatic heterocycles. The number of aromatic nitrogens is 2. The molecule has 1 aliphatic rings. The molecule has 0 aromatic carbocycles. The second-order valence-corrected chi connectivity index (χ2v) is 5.79. The van der Waals surface area contributed by atoms with Crippen LogP contribution < -0.4 is 0 Å². The van der Waals surface area contributed by atoms with Gasteiger partial charge in [0.25, 0.3) is 0 Å². The van der Waals surface area contributed by atoms with Crippen molar-refractivity contribution in [2.24, 2.45) is 0 Å². The highest BCUT2D eigenvalue weighted by Gasteiger charge is 2.28. The molecule has 0 atom stereocenters. The average molecular weight is 259 g/mol. The smallest absolute Gasteiger partial charge is 0.142 e. The van der Waals surface area contributed by atoms with Gasteiger partial charge in [0.05, 0.1) is 17.7 Å². The summed E-state index contributed by atoms with van der Waals surface area (Å²) in [7, 11) is 0. The van der Waals surface area contributed by atoms with E-state index in [-0.39, 0.29) is 0 Å². The number of hydrogen-bond acceptors (Lipinski definition) is 1. The number of allylic oxidation sites excluding steroid dienone is 1. The first kappa shape index (κ1) is 12.0. The highest BCUT2D eigenvalue weighted by Crippen LogP contribution is 2.33. The van der Waals surface area contributed by atoms with Crippen LogP contribution in [-0.4, -0.2) is 13.9 Å². The van der Waals surface area contributed by atoms with Crippen LogP contribution in [0.1, 0.15) is 37.6 Å². The number of aryl methyl sites for hydroxylation is 1. The molecule has 0 unspecified atom stereocenters. The molecule has 0 saturated carbocycles. The van der Waals surface area contributed by atoms with Crippen molar-refractivity contribution in [1.82, 2.24) is 9.55 Å². The maximum Gasteiger partial charge on any atom is 0.142 e. The highest BCUT2D eigenvalue weighted by atomic mass is 35.5. The summed E-state index contributed by atoms with van der Waals surface area (Å²) in [6.45, 7) is 3.23. The number of alkyl halides is 2. The number of imidazole rings is 1. The third-order valence-corrected chi connectivity index (χ3v) is 3.37. The Morgan fingerprint density at radius 1 is 1.44 bits per heavy atom. The predicted octanol–water partition coefficient (Wildman–Crippen LogP) is 3.82. The summed E-state index contributed by atoms with van der Waals surface area (Å²) in [5, 5.41) is 0. The van der Waals surface area contributed by atoms with E-state index in [0.29, 0.717) is 6.42 Å². The fraction of sp³-hybridized carbons (Fsp3) is 0.583. The molecule has 0 spiro atoms. The van der Waals surface area contributed by atoms with Gasteiger partial charge in [-0.3, -0.25) is 0 Å². The SMILES string of the molecule is CCCCCn1cnc2c1C=CC(Cl)(Cl)C2. The van der Waals surface area contributed by atoms with Gasteiger partial charge in [0, 0.05) is 13.0 Å². The van der Waals surface area contributed by atoms with Gasteiger partial charge in [-0.2, -0.15) is 0 Å². The van der Waals surface area contributed by atoms with Crippen molar-refractivity contribution in [2.75, 3.05) is 0 Å². The Morgan fingerprint density at radius 2 is 2.25 bits per heavy atom. The van der Waals surface area contributed by atoms with E-state index in [2.05, 4.69) is 16.5 Å². The van der Waals surface area contributed by atoms with Crippen LogP contribution in [0.4, 0.5) is 0 Å². The monoisotopic (exact) mass is 258 g/mol. The van der Waals surface area contributed by atoms with E-state index in [1.807, 2.05) is 18.5 Å². The second kappa shape index (κ2) is 4.80. The third kappa shape index (κ3) is 2.61. The molecule has 4 heteroatoms. The standard InChI is InChI=1S/C12H16Cl2N2/c1-2-3-4-7-16-9-15-10-8-12(13,14)6-5-11(10)16/h5-6,9H,2-4,7-8H2,1H3. The molecule has 0 N–H and O–H groups in total. The minimum atomic E-state index is -0.782. The molecule has 0 bridgehead atoms. The van der Waals surface area contributed by atoms with Crippen LogP contribution in [0.2, 0.25) is 0 Å². The summed E-state index contributed by atoms with van der Waals surface area (Å²) in [6, 6.07) is 0. The quantitative estimate of drug-likeness (QED) is 0.593. The zero-order valence-corrected chi connectivity index (χ0v) is 10.9. The van der Waals surface area contributed by atoms with Crippen LogP contribution in [0.5, 0.6) is 0 Å². The van der Waals surface area contributed by atoms with Crippen LogP contribution in [0.15, 0.2) is 12.4 Å². The van der Waals surface area contributed by atoms with Crippen LogP contribution >= 0.6 is 23.2 Å². The second-order valence-electron chi connectivity index (χ2n) is 4.25. The van der Waals surface area contributed by atoms with E-state index in [9.17, 15) is 0 Å². The van der Waals surface area contributed by atoms with Crippen LogP contribution in [-0.2, 0) is 13.0 Å². The number of unbranched alkanes of at least 4 members (excludes halogenated alkanes) is 2. The van der Waals surface area contributed by atoms with Crippen molar-refractivity contribution in [3.63, 3.8) is 0 Å². The molecule has 1 aromatic rings. The summed E-state index contributed by atoms with van der Waals surface area (Å²) >= 11 is 12.1. The van der Waals surface area contributed by atoms with Gasteiger partial charge in [0.15, 0.2) is 0 Å². The Hall–Kier alpha value is -0.470. The summed E-state index contributed by atoms with van der Waals surface area (Å²) in [5.74, 6) is 0. The van der Waals surface area contributed by atoms with E-state index in [0.717, 1.165) is 17.9 Å². The molecule has 0 saturated heterocycles. The minimum Gasteiger partial charge on any atom is -0.331 e. The predicted molar refractivity (Wildman–Crippen MR) is 68.9 cm³/mol. The first-order valence-electron chi connectivity index (χ1n) is 5.73. The number of fused-ring (bicyclic) bond motifs is 1. The van der Waals surface area contributed by atoms with E-state index < -0.39 is 4.33 Å². The lowest BCUT2D eigenvalue weighted by molar-refractivity contribution is 0.598. The lowest BCUT2D eigenvalue weighted by atomic mass is 10.1. The van der Waals surface area contributed by atoms with Crippen molar-refractivity contribution < 1.29 is 0 Å². The molecule has 1 aliphatic carbocycles. The molecule has 1 heterocycles. The highest BCUT2D eigenvalue weighted by molar-refractivity contribution is 6.50. The van der Waals surface area contributed by atoms with E-state index in [4.69, 9.17) is 23.2 Å². The van der Waals surface area contributed by atoms with Crippen LogP contribution in [0, 0.1) is 0 Å². The maximum atomic E-state index is 6.07. The van der Waals surface area contributed by atoms with Gasteiger partial charge in [-0.05, 0) is 18.6 Å². The van der Waals surface area contributed by atoms with Crippen molar-refractivity contribution in [3.05, 3.63) is 23.8 Å². The Kier molecular flexibility index (Phi) is 3.60. The van der Waals surface area contributed by atoms with Gasteiger partial charge in [-0.25, -0.2) is 4.98 Å². The first-order chi connectivity index (χ1) is 7.62. The van der Waals surface area contributed by atoms with Crippen molar-refractivity contribution >= 4 is 29.3 Å². The first-order valence-corrected chi connectivity index (χ1v) is 6.49. The van der Waals surface area contributed by atoms with E-state index in [1.54, 1.807) is 0 Å². The molecule has 1 aromatic heterocycles. The molecule has 2 rings (SSSR count). The third-order valence-electron chi connectivity index (χ3n) is 2.85. The fourth-order valence-corrected chi connectivity index (χ4v) is 2.33.